The summed E-state index contributed by atoms with van der Waals surface area (Å²) in [5, 5.41) is 12.5. The topological polar surface area (TPSA) is 84.2 Å². The van der Waals surface area contributed by atoms with E-state index in [0.717, 1.165) is 11.1 Å². The van der Waals surface area contributed by atoms with E-state index in [-0.39, 0.29) is 24.5 Å². The van der Waals surface area contributed by atoms with E-state index in [1.807, 2.05) is 37.3 Å². The van der Waals surface area contributed by atoms with Crippen molar-refractivity contribution in [2.24, 2.45) is 0 Å². The molecule has 3 aromatic rings. The quantitative estimate of drug-likeness (QED) is 0.422. The Hall–Kier alpha value is -3.92. The van der Waals surface area contributed by atoms with Crippen LogP contribution in [-0.4, -0.2) is 35.8 Å². The van der Waals surface area contributed by atoms with Crippen LogP contribution in [0.4, 0.5) is 4.39 Å². The summed E-state index contributed by atoms with van der Waals surface area (Å²) in [4.78, 5) is 17.3. The van der Waals surface area contributed by atoms with E-state index >= 15 is 0 Å². The number of nitrogens with one attached hydrogen (secondary N) is 1. The maximum atomic E-state index is 13.2. The first-order valence-corrected chi connectivity index (χ1v) is 11.5. The number of hydrogen-bond acceptors (Lipinski definition) is 5. The van der Waals surface area contributed by atoms with Gasteiger partial charge in [-0.25, -0.2) is 9.37 Å². The molecule has 2 unspecified atom stereocenters. The number of aromatic nitrogens is 1. The monoisotopic (exact) mass is 475 g/mol. The molecule has 0 saturated carbocycles. The molecule has 0 saturated heterocycles. The number of carbonyl (C=O) groups is 1. The lowest BCUT2D eigenvalue weighted by molar-refractivity contribution is -0.135. The van der Waals surface area contributed by atoms with E-state index in [4.69, 9.17) is 9.47 Å². The van der Waals surface area contributed by atoms with Crippen molar-refractivity contribution in [2.75, 3.05) is 13.3 Å². The molecule has 1 amide bonds. The van der Waals surface area contributed by atoms with Gasteiger partial charge in [-0.05, 0) is 68.7 Å². The third-order valence-electron chi connectivity index (χ3n) is 5.68. The van der Waals surface area contributed by atoms with Crippen LogP contribution >= 0.6 is 0 Å². The molecule has 2 aromatic carbocycles. The minimum Gasteiger partial charge on any atom is -0.491 e. The molecule has 182 valence electrons. The number of amides is 1. The fourth-order valence-electron chi connectivity index (χ4n) is 3.75. The van der Waals surface area contributed by atoms with Crippen molar-refractivity contribution >= 4 is 5.91 Å². The highest BCUT2D eigenvalue weighted by atomic mass is 19.1. The lowest BCUT2D eigenvalue weighted by Crippen LogP contribution is -2.51. The molecule has 1 aromatic heterocycles. The Morgan fingerprint density at radius 2 is 1.91 bits per heavy atom. The summed E-state index contributed by atoms with van der Waals surface area (Å²) in [6.07, 6.45) is 2.22. The number of rotatable bonds is 11. The number of pyridine rings is 1. The molecular formula is C28H30FN3O3. The third kappa shape index (κ3) is 7.28. The summed E-state index contributed by atoms with van der Waals surface area (Å²) in [6.45, 7) is 4.81. The van der Waals surface area contributed by atoms with Crippen molar-refractivity contribution in [2.45, 2.75) is 44.8 Å². The van der Waals surface area contributed by atoms with Crippen molar-refractivity contribution in [3.05, 3.63) is 89.6 Å². The Morgan fingerprint density at radius 1 is 1.14 bits per heavy atom. The number of nitriles is 1. The normalized spacial score (nSPS) is 12.8. The molecule has 3 rings (SSSR count). The number of nitrogens with zero attached hydrogens (tertiary/aromatic N) is 2. The van der Waals surface area contributed by atoms with Crippen molar-refractivity contribution in [3.8, 4) is 17.7 Å². The molecular weight excluding hydrogens is 445 g/mol. The molecule has 6 nitrogen and oxygen atoms in total. The first-order chi connectivity index (χ1) is 16.8. The Labute approximate surface area is 205 Å². The maximum Gasteiger partial charge on any atom is 0.263 e. The van der Waals surface area contributed by atoms with E-state index in [1.165, 1.54) is 0 Å². The molecule has 0 radical (unpaired) electrons. The fraction of sp³-hybridized carbons (Fsp3) is 0.321. The van der Waals surface area contributed by atoms with Gasteiger partial charge >= 0.3 is 0 Å². The van der Waals surface area contributed by atoms with Crippen LogP contribution in [0.15, 0.2) is 72.9 Å². The summed E-state index contributed by atoms with van der Waals surface area (Å²) in [6, 6.07) is 22.1. The summed E-state index contributed by atoms with van der Waals surface area (Å²) in [7, 11) is 0. The van der Waals surface area contributed by atoms with Crippen molar-refractivity contribution in [3.63, 3.8) is 0 Å². The highest BCUT2D eigenvalue weighted by Gasteiger charge is 2.33. The molecule has 0 fully saturated rings. The lowest BCUT2D eigenvalue weighted by atomic mass is 9.85. The number of alkyl halides is 1. The van der Waals surface area contributed by atoms with Gasteiger partial charge in [0.1, 0.15) is 19.0 Å². The van der Waals surface area contributed by atoms with Gasteiger partial charge < -0.3 is 14.8 Å². The van der Waals surface area contributed by atoms with E-state index in [0.29, 0.717) is 23.6 Å². The zero-order chi connectivity index (χ0) is 25.3. The second kappa shape index (κ2) is 12.0. The van der Waals surface area contributed by atoms with Crippen LogP contribution in [0.2, 0.25) is 0 Å². The second-order valence-corrected chi connectivity index (χ2v) is 8.77. The predicted octanol–water partition coefficient (Wildman–Crippen LogP) is 4.99. The maximum absolute atomic E-state index is 13.2. The van der Waals surface area contributed by atoms with Crippen LogP contribution in [0.25, 0.3) is 0 Å². The van der Waals surface area contributed by atoms with E-state index < -0.39 is 12.3 Å². The van der Waals surface area contributed by atoms with Crippen molar-refractivity contribution in [1.82, 2.24) is 10.3 Å². The average molecular weight is 476 g/mol. The number of ether oxygens (including phenoxy) is 2. The van der Waals surface area contributed by atoms with Crippen LogP contribution < -0.4 is 14.8 Å². The largest absolute Gasteiger partial charge is 0.491 e. The van der Waals surface area contributed by atoms with Crippen molar-refractivity contribution in [1.29, 1.82) is 5.26 Å². The molecule has 0 bridgehead atoms. The van der Waals surface area contributed by atoms with Gasteiger partial charge in [0.2, 0.25) is 5.88 Å². The van der Waals surface area contributed by atoms with Gasteiger partial charge in [-0.1, -0.05) is 30.3 Å². The SMILES string of the molecule is CC(NC(=O)C(C)(C)Oc1ccccn1)C(Cc1ccc(OCCF)cc1)c1cccc(C#N)c1. The third-order valence-corrected chi connectivity index (χ3v) is 5.68. The van der Waals surface area contributed by atoms with E-state index in [2.05, 4.69) is 16.4 Å². The molecule has 1 N–H and O–H groups in total. The smallest absolute Gasteiger partial charge is 0.263 e. The minimum atomic E-state index is -1.14. The number of halogens is 1. The Bertz CT molecular complexity index is 1140. The first-order valence-electron chi connectivity index (χ1n) is 11.5. The van der Waals surface area contributed by atoms with Crippen molar-refractivity contribution < 1.29 is 18.7 Å². The molecule has 0 aliphatic carbocycles. The first kappa shape index (κ1) is 25.7. The number of hydrogen-bond donors (Lipinski definition) is 1. The lowest BCUT2D eigenvalue weighted by Gasteiger charge is -2.30. The predicted molar refractivity (Wildman–Crippen MR) is 132 cm³/mol. The average Bonchev–Trinajstić information content (AvgIpc) is 2.87. The minimum absolute atomic E-state index is 0.0162. The van der Waals surface area contributed by atoms with Crippen LogP contribution in [0, 0.1) is 11.3 Å². The van der Waals surface area contributed by atoms with Crippen LogP contribution in [0.3, 0.4) is 0 Å². The Morgan fingerprint density at radius 3 is 2.57 bits per heavy atom. The summed E-state index contributed by atoms with van der Waals surface area (Å²) in [5.41, 5.74) is 1.38. The zero-order valence-electron chi connectivity index (χ0n) is 20.2. The molecule has 0 spiro atoms. The van der Waals surface area contributed by atoms with Gasteiger partial charge in [0.05, 0.1) is 11.6 Å². The van der Waals surface area contributed by atoms with Gasteiger partial charge in [-0.3, -0.25) is 4.79 Å². The fourth-order valence-corrected chi connectivity index (χ4v) is 3.75. The van der Waals surface area contributed by atoms with Gasteiger partial charge in [0.25, 0.3) is 5.91 Å². The zero-order valence-corrected chi connectivity index (χ0v) is 20.2. The van der Waals surface area contributed by atoms with E-state index in [9.17, 15) is 14.4 Å². The van der Waals surface area contributed by atoms with E-state index in [1.54, 1.807) is 56.4 Å². The molecule has 0 aliphatic heterocycles. The van der Waals surface area contributed by atoms with Crippen LogP contribution in [0.5, 0.6) is 11.6 Å². The summed E-state index contributed by atoms with van der Waals surface area (Å²) < 4.78 is 23.6. The summed E-state index contributed by atoms with van der Waals surface area (Å²) >= 11 is 0. The van der Waals surface area contributed by atoms with Gasteiger partial charge in [-0.2, -0.15) is 5.26 Å². The van der Waals surface area contributed by atoms with Crippen LogP contribution in [-0.2, 0) is 11.2 Å². The molecule has 7 heteroatoms. The molecule has 2 atom stereocenters. The molecule has 0 aliphatic rings. The Balaban J connectivity index is 1.80. The molecule has 1 heterocycles. The number of benzene rings is 2. The molecule has 35 heavy (non-hydrogen) atoms. The van der Waals surface area contributed by atoms with Crippen LogP contribution in [0.1, 0.15) is 43.4 Å². The Kier molecular flexibility index (Phi) is 8.80. The standard InChI is InChI=1S/C28H30FN3O3/c1-20(32-27(33)28(2,3)35-26-9-4-5-15-31-26)25(23-8-6-7-22(17-23)19-30)18-21-10-12-24(13-11-21)34-16-14-29/h4-13,15,17,20,25H,14,16,18H2,1-3H3,(H,32,33). The second-order valence-electron chi connectivity index (χ2n) is 8.77. The number of carbonyl (C=O) groups excluding carboxylic acids is 1. The van der Waals surface area contributed by atoms with Gasteiger partial charge in [0.15, 0.2) is 5.60 Å². The van der Waals surface area contributed by atoms with Gasteiger partial charge in [-0.15, -0.1) is 0 Å². The summed E-state index contributed by atoms with van der Waals surface area (Å²) in [5.74, 6) is 0.584. The highest BCUT2D eigenvalue weighted by Crippen LogP contribution is 2.27. The highest BCUT2D eigenvalue weighted by molar-refractivity contribution is 5.85. The van der Waals surface area contributed by atoms with Gasteiger partial charge in [0, 0.05) is 24.2 Å².